The van der Waals surface area contributed by atoms with Crippen LogP contribution in [0.2, 0.25) is 0 Å². The first kappa shape index (κ1) is 25.1. The summed E-state index contributed by atoms with van der Waals surface area (Å²) in [6, 6.07) is 2.42. The molecule has 5 heterocycles. The Bertz CT molecular complexity index is 1440. The molecule has 4 aromatic rings. The fraction of sp³-hybridized carbons (Fsp3) is 0.423. The molecular formula is C26H32N8O2S. The number of piperidine rings is 1. The van der Waals surface area contributed by atoms with Crippen LogP contribution in [0.1, 0.15) is 55.6 Å². The van der Waals surface area contributed by atoms with Crippen molar-refractivity contribution in [3.8, 4) is 10.4 Å². The molecule has 0 aliphatic carbocycles. The van der Waals surface area contributed by atoms with Crippen molar-refractivity contribution in [2.75, 3.05) is 17.2 Å². The van der Waals surface area contributed by atoms with E-state index in [9.17, 15) is 9.59 Å². The minimum Gasteiger partial charge on any atom is -0.325 e. The Morgan fingerprint density at radius 2 is 1.97 bits per heavy atom. The molecule has 37 heavy (non-hydrogen) atoms. The molecule has 1 fully saturated rings. The molecule has 0 aromatic carbocycles. The van der Waals surface area contributed by atoms with Crippen LogP contribution >= 0.6 is 11.3 Å². The van der Waals surface area contributed by atoms with Gasteiger partial charge in [-0.3, -0.25) is 24.2 Å². The summed E-state index contributed by atoms with van der Waals surface area (Å²) in [6.45, 7) is 7.22. The van der Waals surface area contributed by atoms with Gasteiger partial charge in [-0.1, -0.05) is 6.42 Å². The summed E-state index contributed by atoms with van der Waals surface area (Å²) < 4.78 is 3.44. The molecule has 1 aliphatic rings. The molecule has 1 atom stereocenters. The average molecular weight is 521 g/mol. The van der Waals surface area contributed by atoms with E-state index in [0.717, 1.165) is 34.7 Å². The Labute approximate surface area is 219 Å². The summed E-state index contributed by atoms with van der Waals surface area (Å²) in [6.07, 6.45) is 12.6. The normalized spacial score (nSPS) is 16.4. The van der Waals surface area contributed by atoms with Crippen LogP contribution in [0.3, 0.4) is 0 Å². The maximum absolute atomic E-state index is 13.2. The number of rotatable bonds is 7. The summed E-state index contributed by atoms with van der Waals surface area (Å²) in [7, 11) is 1.87. The lowest BCUT2D eigenvalue weighted by molar-refractivity contribution is -0.117. The second-order valence-electron chi connectivity index (χ2n) is 9.85. The molecule has 0 radical (unpaired) electrons. The van der Waals surface area contributed by atoms with Crippen molar-refractivity contribution in [3.63, 3.8) is 0 Å². The Balaban J connectivity index is 1.28. The molecule has 0 saturated carbocycles. The van der Waals surface area contributed by atoms with Crippen LogP contribution in [0.15, 0.2) is 37.1 Å². The summed E-state index contributed by atoms with van der Waals surface area (Å²) in [5.74, 6) is -0.321. The number of amides is 2. The maximum Gasteiger partial charge on any atom is 0.260 e. The molecule has 0 spiro atoms. The molecule has 4 aromatic heterocycles. The van der Waals surface area contributed by atoms with Crippen LogP contribution < -0.4 is 10.6 Å². The topological polar surface area (TPSA) is 109 Å². The average Bonchev–Trinajstić information content (AvgIpc) is 3.57. The number of thiazole rings is 1. The third-order valence-corrected chi connectivity index (χ3v) is 7.97. The van der Waals surface area contributed by atoms with Crippen LogP contribution in [-0.4, -0.2) is 59.7 Å². The van der Waals surface area contributed by atoms with Gasteiger partial charge in [0.15, 0.2) is 0 Å². The number of aromatic nitrogens is 5. The van der Waals surface area contributed by atoms with Crippen LogP contribution in [0.5, 0.6) is 0 Å². The number of likely N-dealkylation sites (tertiary alicyclic amines) is 1. The van der Waals surface area contributed by atoms with E-state index in [2.05, 4.69) is 44.6 Å². The Kier molecular flexibility index (Phi) is 7.07. The molecule has 5 rings (SSSR count). The van der Waals surface area contributed by atoms with Gasteiger partial charge in [-0.25, -0.2) is 4.52 Å². The summed E-state index contributed by atoms with van der Waals surface area (Å²) >= 11 is 1.48. The van der Waals surface area contributed by atoms with Crippen molar-refractivity contribution in [2.45, 2.75) is 58.5 Å². The highest BCUT2D eigenvalue weighted by molar-refractivity contribution is 7.21. The SMILES string of the molecule is Cc1ncc(NC(=O)CC2CCCCN2C(C)C)cc1NC(=O)c1cnn2cc(-c3cnn(C)c3)sc12. The van der Waals surface area contributed by atoms with Crippen LogP contribution in [0.25, 0.3) is 15.3 Å². The van der Waals surface area contributed by atoms with Crippen molar-refractivity contribution < 1.29 is 9.59 Å². The van der Waals surface area contributed by atoms with E-state index < -0.39 is 0 Å². The van der Waals surface area contributed by atoms with E-state index in [-0.39, 0.29) is 17.9 Å². The zero-order chi connectivity index (χ0) is 26.1. The number of hydrogen-bond acceptors (Lipinski definition) is 7. The first-order valence-electron chi connectivity index (χ1n) is 12.6. The number of aryl methyl sites for hydroxylation is 2. The quantitative estimate of drug-likeness (QED) is 0.375. The minimum absolute atomic E-state index is 0.0414. The van der Waals surface area contributed by atoms with E-state index in [1.807, 2.05) is 26.4 Å². The second kappa shape index (κ2) is 10.4. The van der Waals surface area contributed by atoms with Gasteiger partial charge in [0.05, 0.1) is 46.1 Å². The molecule has 1 unspecified atom stereocenters. The minimum atomic E-state index is -0.280. The zero-order valence-electron chi connectivity index (χ0n) is 21.6. The second-order valence-corrected chi connectivity index (χ2v) is 10.9. The monoisotopic (exact) mass is 520 g/mol. The lowest BCUT2D eigenvalue weighted by Crippen LogP contribution is -2.45. The van der Waals surface area contributed by atoms with E-state index in [0.29, 0.717) is 35.1 Å². The smallest absolute Gasteiger partial charge is 0.260 e. The van der Waals surface area contributed by atoms with E-state index in [1.165, 1.54) is 17.8 Å². The molecule has 1 aliphatic heterocycles. The van der Waals surface area contributed by atoms with E-state index in [1.54, 1.807) is 33.9 Å². The lowest BCUT2D eigenvalue weighted by Gasteiger charge is -2.38. The predicted octanol–water partition coefficient (Wildman–Crippen LogP) is 4.34. The Morgan fingerprint density at radius 3 is 2.73 bits per heavy atom. The number of nitrogens with one attached hydrogen (secondary N) is 2. The number of nitrogens with zero attached hydrogens (tertiary/aromatic N) is 6. The number of carbonyl (C=O) groups excluding carboxylic acids is 2. The molecule has 0 bridgehead atoms. The van der Waals surface area contributed by atoms with Gasteiger partial charge in [-0.15, -0.1) is 11.3 Å². The highest BCUT2D eigenvalue weighted by Crippen LogP contribution is 2.31. The number of hydrogen-bond donors (Lipinski definition) is 2. The van der Waals surface area contributed by atoms with E-state index >= 15 is 0 Å². The fourth-order valence-electron chi connectivity index (χ4n) is 4.89. The van der Waals surface area contributed by atoms with Crippen molar-refractivity contribution in [1.82, 2.24) is 29.3 Å². The standard InChI is InChI=1S/C26H32N8O2S/c1-16(2)33-8-6-5-7-20(33)10-24(35)30-19-9-22(17(3)27-12-19)31-25(36)21-13-29-34-15-23(37-26(21)34)18-11-28-32(4)14-18/h9,11-16,20H,5-8,10H2,1-4H3,(H,30,35)(H,31,36). The van der Waals surface area contributed by atoms with Gasteiger partial charge in [0.1, 0.15) is 4.83 Å². The van der Waals surface area contributed by atoms with Crippen molar-refractivity contribution in [2.24, 2.45) is 7.05 Å². The molecular weight excluding hydrogens is 488 g/mol. The van der Waals surface area contributed by atoms with Gasteiger partial charge >= 0.3 is 0 Å². The van der Waals surface area contributed by atoms with Crippen molar-refractivity contribution in [3.05, 3.63) is 48.3 Å². The summed E-state index contributed by atoms with van der Waals surface area (Å²) in [5, 5.41) is 14.5. The van der Waals surface area contributed by atoms with Gasteiger partial charge in [-0.05, 0) is 46.2 Å². The number of pyridine rings is 1. The summed E-state index contributed by atoms with van der Waals surface area (Å²) in [5.41, 5.74) is 3.22. The molecule has 2 N–H and O–H groups in total. The molecule has 11 heteroatoms. The van der Waals surface area contributed by atoms with Crippen LogP contribution in [0.4, 0.5) is 11.4 Å². The van der Waals surface area contributed by atoms with Gasteiger partial charge in [0.25, 0.3) is 5.91 Å². The Morgan fingerprint density at radius 1 is 1.14 bits per heavy atom. The number of fused-ring (bicyclic) bond motifs is 1. The first-order chi connectivity index (χ1) is 17.8. The Hall–Kier alpha value is -3.57. The van der Waals surface area contributed by atoms with Gasteiger partial charge in [0.2, 0.25) is 5.91 Å². The van der Waals surface area contributed by atoms with Crippen LogP contribution in [0, 0.1) is 6.92 Å². The van der Waals surface area contributed by atoms with Gasteiger partial charge < -0.3 is 10.6 Å². The number of carbonyl (C=O) groups is 2. The van der Waals surface area contributed by atoms with Crippen LogP contribution in [-0.2, 0) is 11.8 Å². The fourth-order valence-corrected chi connectivity index (χ4v) is 5.92. The predicted molar refractivity (Wildman–Crippen MR) is 145 cm³/mol. The third-order valence-electron chi connectivity index (χ3n) is 6.81. The van der Waals surface area contributed by atoms with Crippen molar-refractivity contribution >= 4 is 39.4 Å². The highest BCUT2D eigenvalue weighted by atomic mass is 32.1. The molecule has 2 amide bonds. The molecule has 10 nitrogen and oxygen atoms in total. The zero-order valence-corrected chi connectivity index (χ0v) is 22.4. The van der Waals surface area contributed by atoms with Gasteiger partial charge in [-0.2, -0.15) is 10.2 Å². The van der Waals surface area contributed by atoms with E-state index in [4.69, 9.17) is 0 Å². The van der Waals surface area contributed by atoms with Crippen molar-refractivity contribution in [1.29, 1.82) is 0 Å². The highest BCUT2D eigenvalue weighted by Gasteiger charge is 2.26. The molecule has 194 valence electrons. The largest absolute Gasteiger partial charge is 0.325 e. The summed E-state index contributed by atoms with van der Waals surface area (Å²) in [4.78, 5) is 34.6. The maximum atomic E-state index is 13.2. The third kappa shape index (κ3) is 5.42. The number of anilines is 2. The molecule has 1 saturated heterocycles. The lowest BCUT2D eigenvalue weighted by atomic mass is 9.97. The van der Waals surface area contributed by atoms with Gasteiger partial charge in [0, 0.05) is 43.5 Å². The first-order valence-corrected chi connectivity index (χ1v) is 13.4.